The third-order valence-corrected chi connectivity index (χ3v) is 6.67. The van der Waals surface area contributed by atoms with Gasteiger partial charge in [-0.3, -0.25) is 14.6 Å². The zero-order valence-corrected chi connectivity index (χ0v) is 22.4. The Morgan fingerprint density at radius 2 is 1.71 bits per heavy atom. The van der Waals surface area contributed by atoms with Crippen molar-refractivity contribution >= 4 is 23.1 Å². The van der Waals surface area contributed by atoms with Gasteiger partial charge in [-0.05, 0) is 67.3 Å². The van der Waals surface area contributed by atoms with Crippen molar-refractivity contribution < 1.29 is 19.4 Å². The number of aliphatic hydroxyl groups excluding tert-OH is 1. The van der Waals surface area contributed by atoms with Gasteiger partial charge in [0, 0.05) is 43.3 Å². The molecule has 1 N–H and O–H groups in total. The molecular formula is C31H35N3O4. The van der Waals surface area contributed by atoms with Gasteiger partial charge in [0.2, 0.25) is 0 Å². The first-order chi connectivity index (χ1) is 18.3. The zero-order chi connectivity index (χ0) is 27.2. The molecule has 38 heavy (non-hydrogen) atoms. The number of ketones is 1. The third-order valence-electron chi connectivity index (χ3n) is 6.67. The number of hydrogen-bond donors (Lipinski definition) is 1. The van der Waals surface area contributed by atoms with Crippen molar-refractivity contribution in [2.24, 2.45) is 5.92 Å². The number of rotatable bonds is 10. The molecule has 0 aliphatic carbocycles. The largest absolute Gasteiger partial charge is 0.507 e. The van der Waals surface area contributed by atoms with E-state index in [1.807, 2.05) is 42.5 Å². The molecule has 7 nitrogen and oxygen atoms in total. The van der Waals surface area contributed by atoms with Gasteiger partial charge in [0.1, 0.15) is 11.5 Å². The van der Waals surface area contributed by atoms with E-state index in [1.54, 1.807) is 30.6 Å². The summed E-state index contributed by atoms with van der Waals surface area (Å²) < 4.78 is 5.83. The fourth-order valence-electron chi connectivity index (χ4n) is 4.68. The van der Waals surface area contributed by atoms with E-state index in [1.165, 1.54) is 4.90 Å². The third kappa shape index (κ3) is 5.72. The first kappa shape index (κ1) is 26.9. The standard InChI is InChI=1S/C31H35N3O4/c1-5-33(6-2)25-12-10-23(11-13-25)28-27(29(35)24-8-7-9-26(18-24)38-20-21(3)4)30(36)31(37)34(28)19-22-14-16-32-17-15-22/h7-18,21,28,35H,5-6,19-20H2,1-4H3/b29-27-. The van der Waals surface area contributed by atoms with Gasteiger partial charge in [0.25, 0.3) is 11.7 Å². The molecule has 1 aliphatic heterocycles. The average molecular weight is 514 g/mol. The number of likely N-dealkylation sites (tertiary alicyclic amines) is 1. The van der Waals surface area contributed by atoms with Crippen molar-refractivity contribution in [3.63, 3.8) is 0 Å². The summed E-state index contributed by atoms with van der Waals surface area (Å²) in [5, 5.41) is 11.5. The molecule has 1 atom stereocenters. The van der Waals surface area contributed by atoms with Crippen LogP contribution in [0, 0.1) is 5.92 Å². The Kier molecular flexibility index (Phi) is 8.46. The van der Waals surface area contributed by atoms with Crippen LogP contribution in [0.15, 0.2) is 78.6 Å². The highest BCUT2D eigenvalue weighted by Gasteiger charge is 2.46. The second kappa shape index (κ2) is 11.9. The molecule has 1 saturated heterocycles. The van der Waals surface area contributed by atoms with Crippen molar-refractivity contribution in [2.75, 3.05) is 24.6 Å². The summed E-state index contributed by atoms with van der Waals surface area (Å²) in [6.45, 7) is 10.8. The number of aliphatic hydroxyl groups is 1. The number of benzene rings is 2. The molecule has 0 bridgehead atoms. The van der Waals surface area contributed by atoms with E-state index < -0.39 is 17.7 Å². The van der Waals surface area contributed by atoms with Crippen LogP contribution in [0.25, 0.3) is 5.76 Å². The Morgan fingerprint density at radius 3 is 2.34 bits per heavy atom. The molecule has 0 saturated carbocycles. The van der Waals surface area contributed by atoms with Gasteiger partial charge < -0.3 is 19.6 Å². The molecule has 2 heterocycles. The van der Waals surface area contributed by atoms with Crippen molar-refractivity contribution in [3.05, 3.63) is 95.3 Å². The first-order valence-corrected chi connectivity index (χ1v) is 13.1. The number of carbonyl (C=O) groups is 2. The van der Waals surface area contributed by atoms with Crippen LogP contribution in [0.2, 0.25) is 0 Å². The molecule has 1 unspecified atom stereocenters. The van der Waals surface area contributed by atoms with Gasteiger partial charge in [0.15, 0.2) is 0 Å². The molecule has 1 fully saturated rings. The van der Waals surface area contributed by atoms with Gasteiger partial charge in [-0.1, -0.05) is 38.1 Å². The van der Waals surface area contributed by atoms with Crippen molar-refractivity contribution in [1.82, 2.24) is 9.88 Å². The minimum absolute atomic E-state index is 0.0701. The number of aromatic nitrogens is 1. The lowest BCUT2D eigenvalue weighted by atomic mass is 9.95. The topological polar surface area (TPSA) is 83.0 Å². The monoisotopic (exact) mass is 513 g/mol. The Morgan fingerprint density at radius 1 is 1.03 bits per heavy atom. The van der Waals surface area contributed by atoms with Gasteiger partial charge in [-0.25, -0.2) is 0 Å². The maximum Gasteiger partial charge on any atom is 0.295 e. The lowest BCUT2D eigenvalue weighted by Crippen LogP contribution is -2.29. The molecule has 1 aliphatic rings. The number of Topliss-reactive ketones (excluding diaryl/α,β-unsaturated/α-hetero) is 1. The van der Waals surface area contributed by atoms with Crippen LogP contribution < -0.4 is 9.64 Å². The summed E-state index contributed by atoms with van der Waals surface area (Å²) >= 11 is 0. The number of amides is 1. The van der Waals surface area contributed by atoms with Crippen LogP contribution in [0.1, 0.15) is 50.4 Å². The predicted octanol–water partition coefficient (Wildman–Crippen LogP) is 5.58. The Labute approximate surface area is 224 Å². The molecule has 0 spiro atoms. The summed E-state index contributed by atoms with van der Waals surface area (Å²) in [6, 6.07) is 17.7. The predicted molar refractivity (Wildman–Crippen MR) is 149 cm³/mol. The second-order valence-corrected chi connectivity index (χ2v) is 9.78. The van der Waals surface area contributed by atoms with Crippen LogP contribution >= 0.6 is 0 Å². The highest BCUT2D eigenvalue weighted by atomic mass is 16.5. The summed E-state index contributed by atoms with van der Waals surface area (Å²) in [4.78, 5) is 34.5. The molecular weight excluding hydrogens is 478 g/mol. The molecule has 3 aromatic rings. The number of hydrogen-bond acceptors (Lipinski definition) is 6. The minimum Gasteiger partial charge on any atom is -0.507 e. The summed E-state index contributed by atoms with van der Waals surface area (Å²) in [5.74, 6) is -0.636. The number of anilines is 1. The molecule has 4 rings (SSSR count). The van der Waals surface area contributed by atoms with Gasteiger partial charge in [0.05, 0.1) is 18.2 Å². The Hall–Kier alpha value is -4.13. The number of carbonyl (C=O) groups excluding carboxylic acids is 2. The van der Waals surface area contributed by atoms with Gasteiger partial charge in [-0.15, -0.1) is 0 Å². The second-order valence-electron chi connectivity index (χ2n) is 9.78. The Bertz CT molecular complexity index is 1300. The molecule has 198 valence electrons. The molecule has 7 heteroatoms. The van der Waals surface area contributed by atoms with E-state index in [4.69, 9.17) is 4.74 Å². The lowest BCUT2D eigenvalue weighted by Gasteiger charge is -2.27. The fourth-order valence-corrected chi connectivity index (χ4v) is 4.68. The van der Waals surface area contributed by atoms with E-state index in [0.29, 0.717) is 23.8 Å². The molecule has 1 aromatic heterocycles. The lowest BCUT2D eigenvalue weighted by molar-refractivity contribution is -0.140. The first-order valence-electron chi connectivity index (χ1n) is 13.1. The van der Waals surface area contributed by atoms with Gasteiger partial charge >= 0.3 is 0 Å². The number of pyridine rings is 1. The Balaban J connectivity index is 1.79. The van der Waals surface area contributed by atoms with Crippen molar-refractivity contribution in [1.29, 1.82) is 0 Å². The SMILES string of the molecule is CCN(CC)c1ccc(C2/C(=C(/O)c3cccc(OCC(C)C)c3)C(=O)C(=O)N2Cc2ccncc2)cc1. The van der Waals surface area contributed by atoms with E-state index in [-0.39, 0.29) is 17.9 Å². The normalized spacial score (nSPS) is 16.8. The van der Waals surface area contributed by atoms with Crippen LogP contribution in [-0.2, 0) is 16.1 Å². The number of nitrogens with zero attached hydrogens (tertiary/aromatic N) is 3. The smallest absolute Gasteiger partial charge is 0.295 e. The maximum absolute atomic E-state index is 13.4. The van der Waals surface area contributed by atoms with E-state index in [2.05, 4.69) is 37.6 Å². The van der Waals surface area contributed by atoms with E-state index in [9.17, 15) is 14.7 Å². The highest BCUT2D eigenvalue weighted by molar-refractivity contribution is 6.46. The van der Waals surface area contributed by atoms with Crippen LogP contribution in [0.4, 0.5) is 5.69 Å². The summed E-state index contributed by atoms with van der Waals surface area (Å²) in [6.07, 6.45) is 3.31. The van der Waals surface area contributed by atoms with E-state index >= 15 is 0 Å². The van der Waals surface area contributed by atoms with E-state index in [0.717, 1.165) is 29.9 Å². The maximum atomic E-state index is 13.4. The quantitative estimate of drug-likeness (QED) is 0.216. The van der Waals surface area contributed by atoms with Crippen molar-refractivity contribution in [3.8, 4) is 5.75 Å². The van der Waals surface area contributed by atoms with Gasteiger partial charge in [-0.2, -0.15) is 0 Å². The molecule has 1 amide bonds. The summed E-state index contributed by atoms with van der Waals surface area (Å²) in [7, 11) is 0. The average Bonchev–Trinajstić information content (AvgIpc) is 3.18. The molecule has 0 radical (unpaired) electrons. The zero-order valence-electron chi connectivity index (χ0n) is 22.4. The number of ether oxygens (including phenoxy) is 1. The fraction of sp³-hybridized carbons (Fsp3) is 0.323. The molecule has 2 aromatic carbocycles. The van der Waals surface area contributed by atoms with Crippen LogP contribution in [-0.4, -0.2) is 46.4 Å². The minimum atomic E-state index is -0.742. The van der Waals surface area contributed by atoms with Crippen LogP contribution in [0.5, 0.6) is 5.75 Å². The van der Waals surface area contributed by atoms with Crippen LogP contribution in [0.3, 0.4) is 0 Å². The highest BCUT2D eigenvalue weighted by Crippen LogP contribution is 2.41. The summed E-state index contributed by atoms with van der Waals surface area (Å²) in [5.41, 5.74) is 3.15. The van der Waals surface area contributed by atoms with Crippen molar-refractivity contribution in [2.45, 2.75) is 40.3 Å².